The Morgan fingerprint density at radius 3 is 2.00 bits per heavy atom. The van der Waals surface area contributed by atoms with E-state index in [2.05, 4.69) is 65.6 Å². The fraction of sp³-hybridized carbons (Fsp3) is 0.333. The van der Waals surface area contributed by atoms with Gasteiger partial charge in [0.25, 0.3) is 0 Å². The topological polar surface area (TPSA) is 3.01 Å². The van der Waals surface area contributed by atoms with Gasteiger partial charge in [-0.3, -0.25) is 4.90 Å². The molecular formula is C18H21N. The highest BCUT2D eigenvalue weighted by Crippen LogP contribution is 2.23. The molecule has 1 nitrogen and oxygen atoms in total. The molecule has 1 heterocycles. The molecule has 0 bridgehead atoms. The van der Waals surface area contributed by atoms with Crippen LogP contribution in [0.4, 0.5) is 0 Å². The first-order chi connectivity index (χ1) is 9.42. The summed E-state index contributed by atoms with van der Waals surface area (Å²) in [4.78, 5) is 2.59. The van der Waals surface area contributed by atoms with Gasteiger partial charge in [-0.25, -0.2) is 0 Å². The second-order valence-corrected chi connectivity index (χ2v) is 5.41. The average Bonchev–Trinajstić information content (AvgIpc) is 3.24. The third-order valence-corrected chi connectivity index (χ3v) is 3.97. The second kappa shape index (κ2) is 6.03. The molecule has 2 unspecified atom stereocenters. The van der Waals surface area contributed by atoms with E-state index in [1.165, 1.54) is 43.5 Å². The van der Waals surface area contributed by atoms with Crippen molar-refractivity contribution in [2.24, 2.45) is 0 Å². The zero-order valence-electron chi connectivity index (χ0n) is 11.3. The van der Waals surface area contributed by atoms with Crippen LogP contribution in [0.2, 0.25) is 0 Å². The van der Waals surface area contributed by atoms with E-state index >= 15 is 0 Å². The quantitative estimate of drug-likeness (QED) is 0.710. The molecule has 2 aromatic rings. The maximum Gasteiger partial charge on any atom is 0.0227 e. The predicted octanol–water partition coefficient (Wildman–Crippen LogP) is 3.55. The van der Waals surface area contributed by atoms with Gasteiger partial charge in [0.15, 0.2) is 0 Å². The van der Waals surface area contributed by atoms with E-state index in [1.807, 2.05) is 0 Å². The van der Waals surface area contributed by atoms with Gasteiger partial charge in [0.2, 0.25) is 0 Å². The fourth-order valence-electron chi connectivity index (χ4n) is 2.67. The van der Waals surface area contributed by atoms with E-state index in [1.54, 1.807) is 0 Å². The minimum atomic E-state index is 0.823. The van der Waals surface area contributed by atoms with Crippen molar-refractivity contribution < 1.29 is 0 Å². The van der Waals surface area contributed by atoms with Crippen molar-refractivity contribution in [3.8, 4) is 0 Å². The molecule has 1 saturated heterocycles. The summed E-state index contributed by atoms with van der Waals surface area (Å²) in [6, 6.07) is 22.4. The molecule has 2 atom stereocenters. The molecule has 0 spiro atoms. The third-order valence-electron chi connectivity index (χ3n) is 3.97. The summed E-state index contributed by atoms with van der Waals surface area (Å²) in [6.07, 6.45) is 3.70. The Bertz CT molecular complexity index is 444. The van der Waals surface area contributed by atoms with Crippen molar-refractivity contribution in [2.45, 2.75) is 25.3 Å². The van der Waals surface area contributed by atoms with Gasteiger partial charge in [-0.2, -0.15) is 0 Å². The van der Waals surface area contributed by atoms with E-state index in [-0.39, 0.29) is 0 Å². The Morgan fingerprint density at radius 1 is 0.789 bits per heavy atom. The molecule has 0 amide bonds. The molecule has 1 aliphatic heterocycles. The van der Waals surface area contributed by atoms with Crippen molar-refractivity contribution >= 4 is 0 Å². The molecule has 1 heteroatoms. The first-order valence-corrected chi connectivity index (χ1v) is 7.24. The molecular weight excluding hydrogens is 230 g/mol. The third kappa shape index (κ3) is 3.68. The first kappa shape index (κ1) is 12.4. The lowest BCUT2D eigenvalue weighted by atomic mass is 10.1. The van der Waals surface area contributed by atoms with Gasteiger partial charge in [0, 0.05) is 19.1 Å². The van der Waals surface area contributed by atoms with Gasteiger partial charge in [-0.05, 0) is 30.4 Å². The number of hydrogen-bond acceptors (Lipinski definition) is 1. The number of rotatable bonds is 6. The highest BCUT2D eigenvalue weighted by molar-refractivity contribution is 5.16. The van der Waals surface area contributed by atoms with Gasteiger partial charge < -0.3 is 0 Å². The molecule has 3 rings (SSSR count). The van der Waals surface area contributed by atoms with Crippen LogP contribution < -0.4 is 0 Å². The summed E-state index contributed by atoms with van der Waals surface area (Å²) < 4.78 is 0. The van der Waals surface area contributed by atoms with E-state index < -0.39 is 0 Å². The number of benzene rings is 2. The standard InChI is InChI=1S/C18H21N/c1-3-7-16(8-4-1)11-12-18-15-19(18)14-13-17-9-5-2-6-10-17/h1-10,18H,11-15H2. The minimum Gasteiger partial charge on any atom is -0.297 e. The van der Waals surface area contributed by atoms with Gasteiger partial charge in [-0.1, -0.05) is 60.7 Å². The molecule has 98 valence electrons. The van der Waals surface area contributed by atoms with Gasteiger partial charge in [0.1, 0.15) is 0 Å². The molecule has 0 N–H and O–H groups in total. The maximum absolute atomic E-state index is 2.59. The monoisotopic (exact) mass is 251 g/mol. The molecule has 0 saturated carbocycles. The molecule has 0 aliphatic carbocycles. The molecule has 1 fully saturated rings. The Labute approximate surface area is 115 Å². The lowest BCUT2D eigenvalue weighted by molar-refractivity contribution is 0.494. The van der Waals surface area contributed by atoms with Crippen molar-refractivity contribution in [1.29, 1.82) is 0 Å². The maximum atomic E-state index is 2.59. The molecule has 0 radical (unpaired) electrons. The normalized spacial score (nSPS) is 21.3. The van der Waals surface area contributed by atoms with Gasteiger partial charge >= 0.3 is 0 Å². The Kier molecular flexibility index (Phi) is 3.95. The summed E-state index contributed by atoms with van der Waals surface area (Å²) in [7, 11) is 0. The Balaban J connectivity index is 1.38. The van der Waals surface area contributed by atoms with Crippen molar-refractivity contribution in [1.82, 2.24) is 4.90 Å². The number of nitrogens with zero attached hydrogens (tertiary/aromatic N) is 1. The summed E-state index contributed by atoms with van der Waals surface area (Å²) >= 11 is 0. The van der Waals surface area contributed by atoms with E-state index in [4.69, 9.17) is 0 Å². The number of aryl methyl sites for hydroxylation is 1. The molecule has 19 heavy (non-hydrogen) atoms. The summed E-state index contributed by atoms with van der Waals surface area (Å²) in [6.45, 7) is 2.50. The Hall–Kier alpha value is -1.60. The predicted molar refractivity (Wildman–Crippen MR) is 80.3 cm³/mol. The van der Waals surface area contributed by atoms with Crippen LogP contribution in [0.3, 0.4) is 0 Å². The van der Waals surface area contributed by atoms with Gasteiger partial charge in [-0.15, -0.1) is 0 Å². The van der Waals surface area contributed by atoms with Gasteiger partial charge in [0.05, 0.1) is 0 Å². The van der Waals surface area contributed by atoms with Crippen LogP contribution >= 0.6 is 0 Å². The average molecular weight is 251 g/mol. The van der Waals surface area contributed by atoms with Crippen molar-refractivity contribution in [3.63, 3.8) is 0 Å². The highest BCUT2D eigenvalue weighted by Gasteiger charge is 2.32. The largest absolute Gasteiger partial charge is 0.297 e. The Morgan fingerprint density at radius 2 is 1.37 bits per heavy atom. The lowest BCUT2D eigenvalue weighted by Crippen LogP contribution is -2.07. The van der Waals surface area contributed by atoms with Crippen LogP contribution in [0.1, 0.15) is 17.5 Å². The minimum absolute atomic E-state index is 0.823. The van der Waals surface area contributed by atoms with Crippen LogP contribution in [0, 0.1) is 0 Å². The second-order valence-electron chi connectivity index (χ2n) is 5.41. The van der Waals surface area contributed by atoms with Crippen LogP contribution in [0.5, 0.6) is 0 Å². The van der Waals surface area contributed by atoms with E-state index in [0.29, 0.717) is 0 Å². The zero-order chi connectivity index (χ0) is 12.9. The van der Waals surface area contributed by atoms with E-state index in [0.717, 1.165) is 6.04 Å². The smallest absolute Gasteiger partial charge is 0.0227 e. The summed E-state index contributed by atoms with van der Waals surface area (Å²) in [5, 5.41) is 0. The summed E-state index contributed by atoms with van der Waals surface area (Å²) in [5.41, 5.74) is 2.92. The summed E-state index contributed by atoms with van der Waals surface area (Å²) in [5.74, 6) is 0. The first-order valence-electron chi connectivity index (χ1n) is 7.24. The van der Waals surface area contributed by atoms with Crippen LogP contribution in [0.15, 0.2) is 60.7 Å². The zero-order valence-corrected chi connectivity index (χ0v) is 11.3. The van der Waals surface area contributed by atoms with Crippen LogP contribution in [-0.2, 0) is 12.8 Å². The molecule has 1 aliphatic rings. The molecule has 0 aromatic heterocycles. The molecule has 2 aromatic carbocycles. The van der Waals surface area contributed by atoms with Crippen molar-refractivity contribution in [2.75, 3.05) is 13.1 Å². The highest BCUT2D eigenvalue weighted by atomic mass is 15.3. The van der Waals surface area contributed by atoms with E-state index in [9.17, 15) is 0 Å². The lowest BCUT2D eigenvalue weighted by Gasteiger charge is -2.04. The fourth-order valence-corrected chi connectivity index (χ4v) is 2.67. The van der Waals surface area contributed by atoms with Crippen LogP contribution in [0.25, 0.3) is 0 Å². The number of hydrogen-bond donors (Lipinski definition) is 0. The van der Waals surface area contributed by atoms with Crippen molar-refractivity contribution in [3.05, 3.63) is 71.8 Å². The van der Waals surface area contributed by atoms with Crippen LogP contribution in [-0.4, -0.2) is 24.0 Å². The SMILES string of the molecule is c1ccc(CCC2CN2CCc2ccccc2)cc1.